The number of nitrogens with zero attached hydrogens (tertiary/aromatic N) is 2. The Labute approximate surface area is 116 Å². The zero-order valence-electron chi connectivity index (χ0n) is 12.7. The van der Waals surface area contributed by atoms with Crippen molar-refractivity contribution < 1.29 is 0 Å². The molecule has 0 aromatic carbocycles. The lowest BCUT2D eigenvalue weighted by Gasteiger charge is -2.31. The van der Waals surface area contributed by atoms with E-state index >= 15 is 0 Å². The van der Waals surface area contributed by atoms with Crippen molar-refractivity contribution in [3.05, 3.63) is 16.7 Å². The SMILES string of the molecule is CC(C)C(CN(C)C)n1c(C(C)(C)C)c[nH]c1=S. The Morgan fingerprint density at radius 3 is 2.28 bits per heavy atom. The van der Waals surface area contributed by atoms with Crippen molar-refractivity contribution in [2.75, 3.05) is 20.6 Å². The fourth-order valence-corrected chi connectivity index (χ4v) is 2.54. The summed E-state index contributed by atoms with van der Waals surface area (Å²) in [6, 6.07) is 0.410. The van der Waals surface area contributed by atoms with Gasteiger partial charge < -0.3 is 14.5 Å². The Morgan fingerprint density at radius 2 is 1.89 bits per heavy atom. The van der Waals surface area contributed by atoms with Gasteiger partial charge in [0.05, 0.1) is 6.04 Å². The summed E-state index contributed by atoms with van der Waals surface area (Å²) in [7, 11) is 4.23. The minimum absolute atomic E-state index is 0.104. The zero-order chi connectivity index (χ0) is 14.1. The average molecular weight is 269 g/mol. The summed E-state index contributed by atoms with van der Waals surface area (Å²) in [4.78, 5) is 5.44. The molecular weight excluding hydrogens is 242 g/mol. The summed E-state index contributed by atoms with van der Waals surface area (Å²) in [5.74, 6) is 0.552. The van der Waals surface area contributed by atoms with Crippen LogP contribution in [0.3, 0.4) is 0 Å². The number of rotatable bonds is 4. The zero-order valence-corrected chi connectivity index (χ0v) is 13.6. The van der Waals surface area contributed by atoms with Gasteiger partial charge in [-0.05, 0) is 32.2 Å². The molecule has 1 rings (SSSR count). The quantitative estimate of drug-likeness (QED) is 0.844. The predicted octanol–water partition coefficient (Wildman–Crippen LogP) is 3.60. The molecule has 0 spiro atoms. The van der Waals surface area contributed by atoms with Gasteiger partial charge in [0.2, 0.25) is 0 Å². The third-order valence-corrected chi connectivity index (χ3v) is 3.55. The molecule has 0 amide bonds. The van der Waals surface area contributed by atoms with Gasteiger partial charge in [-0.15, -0.1) is 0 Å². The molecular formula is C14H27N3S. The van der Waals surface area contributed by atoms with E-state index < -0.39 is 0 Å². The van der Waals surface area contributed by atoms with Crippen molar-refractivity contribution in [1.29, 1.82) is 0 Å². The number of nitrogens with one attached hydrogen (secondary N) is 1. The third kappa shape index (κ3) is 3.45. The maximum atomic E-state index is 5.48. The summed E-state index contributed by atoms with van der Waals surface area (Å²) < 4.78 is 3.14. The molecule has 0 aliphatic carbocycles. The van der Waals surface area contributed by atoms with E-state index in [0.717, 1.165) is 11.3 Å². The molecule has 0 fully saturated rings. The lowest BCUT2D eigenvalue weighted by molar-refractivity contribution is 0.257. The molecule has 1 N–H and O–H groups in total. The standard InChI is InChI=1S/C14H27N3S/c1-10(2)11(9-16(6)7)17-12(14(3,4)5)8-15-13(17)18/h8,10-11H,9H2,1-7H3,(H,15,18). The van der Waals surface area contributed by atoms with Gasteiger partial charge in [-0.25, -0.2) is 0 Å². The minimum atomic E-state index is 0.104. The Kier molecular flexibility index (Phi) is 4.78. The number of hydrogen-bond donors (Lipinski definition) is 1. The largest absolute Gasteiger partial charge is 0.337 e. The Balaban J connectivity index is 3.28. The molecule has 0 aliphatic rings. The summed E-state index contributed by atoms with van der Waals surface area (Å²) in [6.45, 7) is 12.2. The molecule has 18 heavy (non-hydrogen) atoms. The van der Waals surface area contributed by atoms with E-state index in [0.29, 0.717) is 12.0 Å². The van der Waals surface area contributed by atoms with Gasteiger partial charge in [-0.1, -0.05) is 34.6 Å². The van der Waals surface area contributed by atoms with Gasteiger partial charge >= 0.3 is 0 Å². The number of aromatic nitrogens is 2. The van der Waals surface area contributed by atoms with E-state index in [4.69, 9.17) is 12.2 Å². The van der Waals surface area contributed by atoms with Gasteiger partial charge in [0.25, 0.3) is 0 Å². The maximum Gasteiger partial charge on any atom is 0.177 e. The van der Waals surface area contributed by atoms with Crippen molar-refractivity contribution in [2.45, 2.75) is 46.1 Å². The van der Waals surface area contributed by atoms with Crippen molar-refractivity contribution >= 4 is 12.2 Å². The summed E-state index contributed by atoms with van der Waals surface area (Å²) in [5, 5.41) is 0. The highest BCUT2D eigenvalue weighted by atomic mass is 32.1. The van der Waals surface area contributed by atoms with Crippen LogP contribution < -0.4 is 0 Å². The van der Waals surface area contributed by atoms with Crippen molar-refractivity contribution in [2.24, 2.45) is 5.92 Å². The molecule has 0 aliphatic heterocycles. The molecule has 1 aromatic rings. The van der Waals surface area contributed by atoms with E-state index in [1.807, 2.05) is 0 Å². The first-order chi connectivity index (χ1) is 8.14. The number of imidazole rings is 1. The second kappa shape index (κ2) is 5.57. The molecule has 4 heteroatoms. The smallest absolute Gasteiger partial charge is 0.177 e. The molecule has 0 saturated heterocycles. The molecule has 1 atom stereocenters. The third-order valence-electron chi connectivity index (χ3n) is 3.23. The molecule has 1 unspecified atom stereocenters. The van der Waals surface area contributed by atoms with Crippen molar-refractivity contribution in [3.8, 4) is 0 Å². The maximum absolute atomic E-state index is 5.48. The Morgan fingerprint density at radius 1 is 1.33 bits per heavy atom. The highest BCUT2D eigenvalue weighted by Crippen LogP contribution is 2.28. The van der Waals surface area contributed by atoms with Gasteiger partial charge in [-0.2, -0.15) is 0 Å². The van der Waals surface area contributed by atoms with Gasteiger partial charge in [0, 0.05) is 23.9 Å². The molecule has 0 saturated carbocycles. The van der Waals surface area contributed by atoms with E-state index in [2.05, 4.69) is 69.4 Å². The number of H-pyrrole nitrogens is 1. The summed E-state index contributed by atoms with van der Waals surface area (Å²) in [5.41, 5.74) is 1.39. The van der Waals surface area contributed by atoms with Crippen LogP contribution in [0.2, 0.25) is 0 Å². The highest BCUT2D eigenvalue weighted by Gasteiger charge is 2.25. The number of likely N-dealkylation sites (N-methyl/N-ethyl adjacent to an activating group) is 1. The van der Waals surface area contributed by atoms with Gasteiger partial charge in [-0.3, -0.25) is 0 Å². The normalized spacial score (nSPS) is 14.5. The van der Waals surface area contributed by atoms with Crippen LogP contribution in [0, 0.1) is 10.7 Å². The summed E-state index contributed by atoms with van der Waals surface area (Å²) >= 11 is 5.48. The molecule has 104 valence electrons. The van der Waals surface area contributed by atoms with E-state index in [1.54, 1.807) is 0 Å². The topological polar surface area (TPSA) is 24.0 Å². The van der Waals surface area contributed by atoms with Crippen molar-refractivity contribution in [1.82, 2.24) is 14.5 Å². The minimum Gasteiger partial charge on any atom is -0.337 e. The van der Waals surface area contributed by atoms with Gasteiger partial charge in [0.15, 0.2) is 4.77 Å². The average Bonchev–Trinajstić information content (AvgIpc) is 2.55. The fraction of sp³-hybridized carbons (Fsp3) is 0.786. The fourth-order valence-electron chi connectivity index (χ4n) is 2.25. The first kappa shape index (κ1) is 15.4. The second-order valence-corrected chi connectivity index (χ2v) is 7.06. The number of hydrogen-bond acceptors (Lipinski definition) is 2. The van der Waals surface area contributed by atoms with E-state index in [-0.39, 0.29) is 5.41 Å². The Hall–Kier alpha value is -0.610. The van der Waals surface area contributed by atoms with Crippen molar-refractivity contribution in [3.63, 3.8) is 0 Å². The van der Waals surface area contributed by atoms with Gasteiger partial charge in [0.1, 0.15) is 0 Å². The van der Waals surface area contributed by atoms with Crippen LogP contribution in [0.15, 0.2) is 6.20 Å². The first-order valence-electron chi connectivity index (χ1n) is 6.59. The molecule has 1 aromatic heterocycles. The Bertz CT molecular complexity index is 435. The lowest BCUT2D eigenvalue weighted by Crippen LogP contribution is -2.31. The molecule has 3 nitrogen and oxygen atoms in total. The van der Waals surface area contributed by atoms with Crippen LogP contribution in [-0.4, -0.2) is 35.1 Å². The lowest BCUT2D eigenvalue weighted by atomic mass is 9.91. The second-order valence-electron chi connectivity index (χ2n) is 6.67. The van der Waals surface area contributed by atoms with Crippen LogP contribution in [0.25, 0.3) is 0 Å². The van der Waals surface area contributed by atoms with Crippen LogP contribution in [0.5, 0.6) is 0 Å². The molecule has 0 bridgehead atoms. The van der Waals surface area contributed by atoms with E-state index in [1.165, 1.54) is 5.69 Å². The number of aromatic amines is 1. The van der Waals surface area contributed by atoms with Crippen LogP contribution in [-0.2, 0) is 5.41 Å². The monoisotopic (exact) mass is 269 g/mol. The summed E-state index contributed by atoms with van der Waals surface area (Å²) in [6.07, 6.45) is 2.06. The highest BCUT2D eigenvalue weighted by molar-refractivity contribution is 7.71. The molecule has 0 radical (unpaired) electrons. The van der Waals surface area contributed by atoms with Crippen LogP contribution >= 0.6 is 12.2 Å². The predicted molar refractivity (Wildman–Crippen MR) is 80.7 cm³/mol. The van der Waals surface area contributed by atoms with Crippen LogP contribution in [0.1, 0.15) is 46.4 Å². The first-order valence-corrected chi connectivity index (χ1v) is 7.00. The van der Waals surface area contributed by atoms with E-state index in [9.17, 15) is 0 Å². The van der Waals surface area contributed by atoms with Crippen LogP contribution in [0.4, 0.5) is 0 Å². The molecule has 1 heterocycles.